The van der Waals surface area contributed by atoms with Gasteiger partial charge in [-0.1, -0.05) is 18.2 Å². The van der Waals surface area contributed by atoms with Gasteiger partial charge in [-0.25, -0.2) is 4.39 Å². The van der Waals surface area contributed by atoms with E-state index in [0.29, 0.717) is 25.6 Å². The van der Waals surface area contributed by atoms with Crippen molar-refractivity contribution in [2.45, 2.75) is 44.9 Å². The smallest absolute Gasteiger partial charge is 0.229 e. The molecule has 5 rings (SSSR count). The van der Waals surface area contributed by atoms with Crippen LogP contribution < -0.4 is 0 Å². The van der Waals surface area contributed by atoms with Crippen LogP contribution in [0.4, 0.5) is 4.39 Å². The number of ether oxygens (including phenoxy) is 1. The van der Waals surface area contributed by atoms with Crippen molar-refractivity contribution >= 4 is 16.8 Å². The van der Waals surface area contributed by atoms with Crippen LogP contribution in [0.5, 0.6) is 0 Å². The molecule has 1 amide bonds. The van der Waals surface area contributed by atoms with E-state index in [9.17, 15) is 9.18 Å². The molecule has 2 fully saturated rings. The fourth-order valence-corrected chi connectivity index (χ4v) is 5.58. The van der Waals surface area contributed by atoms with Crippen molar-refractivity contribution in [1.29, 1.82) is 0 Å². The van der Waals surface area contributed by atoms with Crippen molar-refractivity contribution in [2.75, 3.05) is 26.3 Å². The van der Waals surface area contributed by atoms with Crippen LogP contribution in [0.2, 0.25) is 0 Å². The molecule has 1 atom stereocenters. The molecule has 1 aromatic heterocycles. The third kappa shape index (κ3) is 4.96. The molecular weight excluding hydrogens is 417 g/mol. The van der Waals surface area contributed by atoms with Gasteiger partial charge in [-0.05, 0) is 86.3 Å². The van der Waals surface area contributed by atoms with Crippen LogP contribution >= 0.6 is 0 Å². The van der Waals surface area contributed by atoms with Gasteiger partial charge in [0.2, 0.25) is 5.91 Å². The fraction of sp³-hybridized carbons (Fsp3) is 0.481. The van der Waals surface area contributed by atoms with E-state index in [2.05, 4.69) is 33.3 Å². The Hall–Kier alpha value is -2.73. The van der Waals surface area contributed by atoms with Crippen LogP contribution in [-0.2, 0) is 22.4 Å². The van der Waals surface area contributed by atoms with Crippen molar-refractivity contribution in [3.05, 3.63) is 65.6 Å². The SMILES string of the molecule is O=C(N1CCC[C@@H](Cc2ccc3[nH]ncc3c2)CC1)C1(Cc2ccc(F)cc2)CCOCC1. The second-order valence-electron chi connectivity index (χ2n) is 9.78. The highest BCUT2D eigenvalue weighted by Gasteiger charge is 2.42. The normalized spacial score (nSPS) is 21.1. The summed E-state index contributed by atoms with van der Waals surface area (Å²) in [5, 5.41) is 8.29. The van der Waals surface area contributed by atoms with Gasteiger partial charge in [-0.3, -0.25) is 9.89 Å². The topological polar surface area (TPSA) is 58.2 Å². The Bertz CT molecular complexity index is 1090. The molecule has 174 valence electrons. The molecule has 1 N–H and O–H groups in total. The number of aromatic nitrogens is 2. The highest BCUT2D eigenvalue weighted by molar-refractivity contribution is 5.83. The van der Waals surface area contributed by atoms with Gasteiger partial charge >= 0.3 is 0 Å². The number of H-pyrrole nitrogens is 1. The summed E-state index contributed by atoms with van der Waals surface area (Å²) in [6, 6.07) is 13.1. The largest absolute Gasteiger partial charge is 0.381 e. The van der Waals surface area contributed by atoms with E-state index in [1.165, 1.54) is 17.7 Å². The minimum absolute atomic E-state index is 0.239. The number of nitrogens with zero attached hydrogens (tertiary/aromatic N) is 2. The Morgan fingerprint density at radius 1 is 1.09 bits per heavy atom. The molecule has 0 saturated carbocycles. The first-order chi connectivity index (χ1) is 16.1. The zero-order valence-electron chi connectivity index (χ0n) is 19.1. The summed E-state index contributed by atoms with van der Waals surface area (Å²) >= 11 is 0. The average Bonchev–Trinajstić information content (AvgIpc) is 3.18. The van der Waals surface area contributed by atoms with Crippen LogP contribution in [0, 0.1) is 17.2 Å². The van der Waals surface area contributed by atoms with E-state index < -0.39 is 5.41 Å². The minimum Gasteiger partial charge on any atom is -0.381 e. The van der Waals surface area contributed by atoms with Crippen molar-refractivity contribution in [2.24, 2.45) is 11.3 Å². The number of aromatic amines is 1. The number of nitrogens with one attached hydrogen (secondary N) is 1. The first-order valence-corrected chi connectivity index (χ1v) is 12.1. The second-order valence-corrected chi connectivity index (χ2v) is 9.78. The predicted octanol–water partition coefficient (Wildman–Crippen LogP) is 4.91. The molecule has 2 saturated heterocycles. The lowest BCUT2D eigenvalue weighted by molar-refractivity contribution is -0.148. The Morgan fingerprint density at radius 2 is 1.88 bits per heavy atom. The average molecular weight is 450 g/mol. The number of carbonyl (C=O) groups is 1. The number of fused-ring (bicyclic) bond motifs is 1. The number of benzene rings is 2. The van der Waals surface area contributed by atoms with Crippen LogP contribution in [-0.4, -0.2) is 47.3 Å². The lowest BCUT2D eigenvalue weighted by Gasteiger charge is -2.40. The summed E-state index contributed by atoms with van der Waals surface area (Å²) in [5.74, 6) is 0.599. The Kier molecular flexibility index (Phi) is 6.45. The van der Waals surface area contributed by atoms with Gasteiger partial charge in [0.25, 0.3) is 0 Å². The standard InChI is InChI=1S/C27H32FN3O2/c28-24-6-3-21(4-7-24)18-27(10-14-33-15-11-27)26(32)31-12-1-2-20(9-13-31)16-22-5-8-25-23(17-22)19-29-30-25/h3-8,17,19-20H,1-2,9-16,18H2,(H,29,30)/t20-/m1/s1. The summed E-state index contributed by atoms with van der Waals surface area (Å²) < 4.78 is 19.0. The molecule has 3 aromatic rings. The van der Waals surface area contributed by atoms with Crippen molar-refractivity contribution in [3.63, 3.8) is 0 Å². The predicted molar refractivity (Wildman–Crippen MR) is 126 cm³/mol. The number of halogens is 1. The van der Waals surface area contributed by atoms with Crippen molar-refractivity contribution in [1.82, 2.24) is 15.1 Å². The molecule has 0 radical (unpaired) electrons. The summed E-state index contributed by atoms with van der Waals surface area (Å²) in [6.07, 6.45) is 8.23. The Labute approximate surface area is 194 Å². The molecule has 5 nitrogen and oxygen atoms in total. The van der Waals surface area contributed by atoms with E-state index in [-0.39, 0.29) is 11.7 Å². The molecule has 0 aliphatic carbocycles. The maximum absolute atomic E-state index is 13.9. The van der Waals surface area contributed by atoms with Crippen molar-refractivity contribution < 1.29 is 13.9 Å². The molecule has 2 aliphatic rings. The maximum atomic E-state index is 13.9. The van der Waals surface area contributed by atoms with Crippen molar-refractivity contribution in [3.8, 4) is 0 Å². The summed E-state index contributed by atoms with van der Waals surface area (Å²) in [7, 11) is 0. The molecule has 0 unspecified atom stereocenters. The maximum Gasteiger partial charge on any atom is 0.229 e. The van der Waals surface area contributed by atoms with E-state index in [4.69, 9.17) is 4.74 Å². The fourth-order valence-electron chi connectivity index (χ4n) is 5.58. The highest BCUT2D eigenvalue weighted by atomic mass is 19.1. The monoisotopic (exact) mass is 449 g/mol. The van der Waals surface area contributed by atoms with E-state index >= 15 is 0 Å². The lowest BCUT2D eigenvalue weighted by Crippen LogP contribution is -2.48. The van der Waals surface area contributed by atoms with Crippen LogP contribution in [0.15, 0.2) is 48.7 Å². The highest BCUT2D eigenvalue weighted by Crippen LogP contribution is 2.37. The Morgan fingerprint density at radius 3 is 2.70 bits per heavy atom. The molecule has 3 heterocycles. The summed E-state index contributed by atoms with van der Waals surface area (Å²) in [4.78, 5) is 16.0. The molecule has 2 aliphatic heterocycles. The van der Waals surface area contributed by atoms with Gasteiger partial charge in [0, 0.05) is 31.7 Å². The van der Waals surface area contributed by atoms with Crippen LogP contribution in [0.25, 0.3) is 10.9 Å². The van der Waals surface area contributed by atoms with Gasteiger partial charge in [-0.2, -0.15) is 5.10 Å². The first-order valence-electron chi connectivity index (χ1n) is 12.1. The van der Waals surface area contributed by atoms with Crippen LogP contribution in [0.1, 0.15) is 43.2 Å². The zero-order valence-corrected chi connectivity index (χ0v) is 19.1. The summed E-state index contributed by atoms with van der Waals surface area (Å²) in [5.41, 5.74) is 2.99. The number of likely N-dealkylation sites (tertiary alicyclic amines) is 1. The van der Waals surface area contributed by atoms with Gasteiger partial charge in [-0.15, -0.1) is 0 Å². The number of hydrogen-bond acceptors (Lipinski definition) is 3. The number of amides is 1. The quantitative estimate of drug-likeness (QED) is 0.602. The third-order valence-corrected chi connectivity index (χ3v) is 7.52. The van der Waals surface area contributed by atoms with Gasteiger partial charge < -0.3 is 9.64 Å². The van der Waals surface area contributed by atoms with E-state index in [0.717, 1.165) is 68.1 Å². The molecule has 2 aromatic carbocycles. The number of rotatable bonds is 5. The molecule has 33 heavy (non-hydrogen) atoms. The number of carbonyl (C=O) groups excluding carboxylic acids is 1. The molecule has 0 spiro atoms. The van der Waals surface area contributed by atoms with E-state index in [1.54, 1.807) is 0 Å². The molecular formula is C27H32FN3O2. The molecule has 6 heteroatoms. The second kappa shape index (κ2) is 9.64. The Balaban J connectivity index is 1.26. The first kappa shape index (κ1) is 22.1. The van der Waals surface area contributed by atoms with Gasteiger partial charge in [0.1, 0.15) is 5.82 Å². The minimum atomic E-state index is -0.442. The van der Waals surface area contributed by atoms with E-state index in [1.807, 2.05) is 18.3 Å². The van der Waals surface area contributed by atoms with Gasteiger partial charge in [0.05, 0.1) is 17.1 Å². The number of hydrogen-bond donors (Lipinski definition) is 1. The van der Waals surface area contributed by atoms with Crippen LogP contribution in [0.3, 0.4) is 0 Å². The molecule has 0 bridgehead atoms. The third-order valence-electron chi connectivity index (χ3n) is 7.52. The lowest BCUT2D eigenvalue weighted by atomic mass is 9.74. The zero-order chi connectivity index (χ0) is 22.7. The van der Waals surface area contributed by atoms with Gasteiger partial charge in [0.15, 0.2) is 0 Å². The summed E-state index contributed by atoms with van der Waals surface area (Å²) in [6.45, 7) is 2.85.